The molecule has 0 aromatic carbocycles. The van der Waals surface area contributed by atoms with Gasteiger partial charge in [0, 0.05) is 0 Å². The van der Waals surface area contributed by atoms with Crippen LogP contribution in [0.3, 0.4) is 0 Å². The van der Waals surface area contributed by atoms with Crippen LogP contribution in [0.4, 0.5) is 0 Å². The summed E-state index contributed by atoms with van der Waals surface area (Å²) in [6.07, 6.45) is 0. The van der Waals surface area contributed by atoms with Crippen LogP contribution in [0.5, 0.6) is 0 Å². The first-order chi connectivity index (χ1) is 3.83. The molecule has 1 aromatic rings. The maximum absolute atomic E-state index is 5.39. The molecule has 1 rings (SSSR count). The van der Waals surface area contributed by atoms with Gasteiger partial charge in [-0.25, -0.2) is 4.98 Å². The number of alkyl halides is 1. The van der Waals surface area contributed by atoms with E-state index in [-0.39, 0.29) is 5.28 Å². The molecule has 0 aliphatic heterocycles. The fourth-order valence-electron chi connectivity index (χ4n) is 0.288. The highest BCUT2D eigenvalue weighted by atomic mass is 35.5. The van der Waals surface area contributed by atoms with Crippen LogP contribution in [-0.4, -0.2) is 9.36 Å². The minimum atomic E-state index is 0.283. The Morgan fingerprint density at radius 3 is 2.62 bits per heavy atom. The molecule has 8 heavy (non-hydrogen) atoms. The van der Waals surface area contributed by atoms with Crippen LogP contribution in [0.2, 0.25) is 5.28 Å². The second-order valence-corrected chi connectivity index (χ2v) is 2.53. The van der Waals surface area contributed by atoms with Gasteiger partial charge in [0.25, 0.3) is 0 Å². The van der Waals surface area contributed by atoms with Gasteiger partial charge in [0.05, 0.1) is 5.88 Å². The van der Waals surface area contributed by atoms with Gasteiger partial charge in [0.15, 0.2) is 0 Å². The molecule has 0 N–H and O–H groups in total. The lowest BCUT2D eigenvalue weighted by Crippen LogP contribution is -1.70. The van der Waals surface area contributed by atoms with E-state index in [1.807, 2.05) is 0 Å². The maximum Gasteiger partial charge on any atom is 0.234 e. The van der Waals surface area contributed by atoms with E-state index in [1.54, 1.807) is 0 Å². The summed E-state index contributed by atoms with van der Waals surface area (Å²) < 4.78 is 3.70. The Kier molecular flexibility index (Phi) is 2.05. The van der Waals surface area contributed by atoms with Gasteiger partial charge in [0.1, 0.15) is 5.01 Å². The van der Waals surface area contributed by atoms with Crippen molar-refractivity contribution in [1.29, 1.82) is 0 Å². The molecule has 0 aliphatic carbocycles. The molecule has 0 radical (unpaired) electrons. The molecule has 1 heterocycles. The van der Waals surface area contributed by atoms with E-state index >= 15 is 0 Å². The molecule has 5 heteroatoms. The molecule has 0 fully saturated rings. The second-order valence-electron chi connectivity index (χ2n) is 1.09. The third-order valence-electron chi connectivity index (χ3n) is 0.558. The van der Waals surface area contributed by atoms with E-state index in [9.17, 15) is 0 Å². The normalized spacial score (nSPS) is 9.75. The minimum absolute atomic E-state index is 0.283. The van der Waals surface area contributed by atoms with Gasteiger partial charge >= 0.3 is 0 Å². The van der Waals surface area contributed by atoms with Gasteiger partial charge in [0.2, 0.25) is 5.28 Å². The minimum Gasteiger partial charge on any atom is -0.208 e. The van der Waals surface area contributed by atoms with Crippen molar-refractivity contribution in [2.24, 2.45) is 0 Å². The second kappa shape index (κ2) is 2.62. The van der Waals surface area contributed by atoms with Gasteiger partial charge in [-0.15, -0.1) is 11.6 Å². The molecule has 1 aromatic heterocycles. The summed E-state index contributed by atoms with van der Waals surface area (Å²) in [5.41, 5.74) is 0. The molecule has 0 saturated heterocycles. The lowest BCUT2D eigenvalue weighted by atomic mass is 10.8. The van der Waals surface area contributed by atoms with E-state index in [2.05, 4.69) is 9.36 Å². The summed E-state index contributed by atoms with van der Waals surface area (Å²) >= 11 is 12.0. The molecule has 0 saturated carbocycles. The maximum atomic E-state index is 5.39. The summed E-state index contributed by atoms with van der Waals surface area (Å²) in [6.45, 7) is 0. The fourth-order valence-corrected chi connectivity index (χ4v) is 1.15. The average molecular weight is 169 g/mol. The molecule has 0 amide bonds. The third-order valence-corrected chi connectivity index (χ3v) is 1.95. The van der Waals surface area contributed by atoms with Crippen molar-refractivity contribution in [3.63, 3.8) is 0 Å². The van der Waals surface area contributed by atoms with Crippen molar-refractivity contribution in [2.45, 2.75) is 5.88 Å². The monoisotopic (exact) mass is 168 g/mol. The molecule has 0 aliphatic rings. The Morgan fingerprint density at radius 2 is 2.38 bits per heavy atom. The molecule has 44 valence electrons. The van der Waals surface area contributed by atoms with Crippen LogP contribution in [0.1, 0.15) is 5.01 Å². The number of aromatic nitrogens is 2. The Morgan fingerprint density at radius 1 is 1.62 bits per heavy atom. The highest BCUT2D eigenvalue weighted by Gasteiger charge is 1.96. The van der Waals surface area contributed by atoms with Crippen LogP contribution < -0.4 is 0 Å². The van der Waals surface area contributed by atoms with Crippen LogP contribution >= 0.6 is 34.7 Å². The van der Waals surface area contributed by atoms with Gasteiger partial charge in [-0.2, -0.15) is 4.37 Å². The number of rotatable bonds is 1. The van der Waals surface area contributed by atoms with Gasteiger partial charge in [-0.1, -0.05) is 0 Å². The topological polar surface area (TPSA) is 25.8 Å². The number of hydrogen-bond donors (Lipinski definition) is 0. The van der Waals surface area contributed by atoms with Crippen LogP contribution in [0, 0.1) is 0 Å². The molecule has 0 spiro atoms. The molecular weight excluding hydrogens is 167 g/mol. The first-order valence-electron chi connectivity index (χ1n) is 1.87. The summed E-state index contributed by atoms with van der Waals surface area (Å²) in [5.74, 6) is 0.393. The standard InChI is InChI=1S/C3H2Cl2N2S/c4-1-2-6-3(5)7-8-2/h1H2. The summed E-state index contributed by atoms with van der Waals surface area (Å²) in [4.78, 5) is 3.77. The first kappa shape index (κ1) is 6.26. The average Bonchev–Trinajstić information content (AvgIpc) is 2.14. The molecular formula is C3H2Cl2N2S. The Labute approximate surface area is 60.6 Å². The molecule has 2 nitrogen and oxygen atoms in total. The van der Waals surface area contributed by atoms with E-state index in [0.29, 0.717) is 5.88 Å². The Balaban J connectivity index is 2.84. The number of halogens is 2. The summed E-state index contributed by atoms with van der Waals surface area (Å²) in [7, 11) is 0. The molecule has 0 bridgehead atoms. The van der Waals surface area contributed by atoms with Crippen molar-refractivity contribution in [1.82, 2.24) is 9.36 Å². The highest BCUT2D eigenvalue weighted by Crippen LogP contribution is 2.10. The molecule has 0 unspecified atom stereocenters. The van der Waals surface area contributed by atoms with Crippen LogP contribution in [-0.2, 0) is 5.88 Å². The summed E-state index contributed by atoms with van der Waals surface area (Å²) in [6, 6.07) is 0. The SMILES string of the molecule is ClCc1nc(Cl)ns1. The Hall–Kier alpha value is 0.140. The van der Waals surface area contributed by atoms with Gasteiger partial charge in [-0.3, -0.25) is 0 Å². The lowest BCUT2D eigenvalue weighted by Gasteiger charge is -1.73. The smallest absolute Gasteiger partial charge is 0.208 e. The largest absolute Gasteiger partial charge is 0.234 e. The van der Waals surface area contributed by atoms with Crippen molar-refractivity contribution >= 4 is 34.7 Å². The zero-order chi connectivity index (χ0) is 5.98. The summed E-state index contributed by atoms with van der Waals surface area (Å²) in [5, 5.41) is 1.04. The zero-order valence-corrected chi connectivity index (χ0v) is 6.09. The number of hydrogen-bond acceptors (Lipinski definition) is 3. The quantitative estimate of drug-likeness (QED) is 0.600. The predicted molar refractivity (Wildman–Crippen MR) is 34.5 cm³/mol. The number of nitrogens with zero attached hydrogens (tertiary/aromatic N) is 2. The van der Waals surface area contributed by atoms with Crippen molar-refractivity contribution in [3.8, 4) is 0 Å². The van der Waals surface area contributed by atoms with E-state index in [0.717, 1.165) is 5.01 Å². The zero-order valence-electron chi connectivity index (χ0n) is 3.77. The fraction of sp³-hybridized carbons (Fsp3) is 0.333. The predicted octanol–water partition coefficient (Wildman–Crippen LogP) is 1.93. The highest BCUT2D eigenvalue weighted by molar-refractivity contribution is 7.05. The van der Waals surface area contributed by atoms with Gasteiger partial charge in [-0.05, 0) is 23.1 Å². The van der Waals surface area contributed by atoms with E-state index in [1.165, 1.54) is 11.5 Å². The van der Waals surface area contributed by atoms with E-state index in [4.69, 9.17) is 23.2 Å². The first-order valence-corrected chi connectivity index (χ1v) is 3.55. The molecule has 0 atom stereocenters. The van der Waals surface area contributed by atoms with E-state index < -0.39 is 0 Å². The third kappa shape index (κ3) is 1.31. The van der Waals surface area contributed by atoms with Crippen LogP contribution in [0.25, 0.3) is 0 Å². The van der Waals surface area contributed by atoms with Crippen molar-refractivity contribution in [2.75, 3.05) is 0 Å². The van der Waals surface area contributed by atoms with Crippen LogP contribution in [0.15, 0.2) is 0 Å². The van der Waals surface area contributed by atoms with Crippen molar-refractivity contribution in [3.05, 3.63) is 10.3 Å². The lowest BCUT2D eigenvalue weighted by molar-refractivity contribution is 1.23. The van der Waals surface area contributed by atoms with Gasteiger partial charge < -0.3 is 0 Å². The Bertz CT molecular complexity index is 176. The van der Waals surface area contributed by atoms with Crippen molar-refractivity contribution < 1.29 is 0 Å².